The predicted molar refractivity (Wildman–Crippen MR) is 147 cm³/mol. The van der Waals surface area contributed by atoms with Gasteiger partial charge in [-0.1, -0.05) is 65.0 Å². The standard InChI is InChI=1S/C30H48O6Si/c1-10-12-13-14-23(36-37(8,9)28(5,6)7)15-17-29(27(32)33-19-11-2)24-16-18-30(25(24)20-26(29)31)34-21(3)22(4)35-30/h11,21-25H,2,10,12-14,16,18-20H2,1,3-9H3/t21-,22-,23+,24+,25+,29+/m1/s1. The summed E-state index contributed by atoms with van der Waals surface area (Å²) in [5, 5.41) is 0.0227. The summed E-state index contributed by atoms with van der Waals surface area (Å²) in [7, 11) is -2.12. The maximum atomic E-state index is 13.8. The van der Waals surface area contributed by atoms with E-state index in [1.165, 1.54) is 6.08 Å². The van der Waals surface area contributed by atoms with Crippen LogP contribution in [-0.4, -0.2) is 50.8 Å². The molecule has 1 saturated heterocycles. The lowest BCUT2D eigenvalue weighted by Gasteiger charge is -2.38. The first-order valence-electron chi connectivity index (χ1n) is 14.1. The molecule has 0 bridgehead atoms. The van der Waals surface area contributed by atoms with Crippen molar-refractivity contribution in [3.05, 3.63) is 12.7 Å². The number of rotatable bonds is 9. The van der Waals surface area contributed by atoms with Crippen molar-refractivity contribution in [3.63, 3.8) is 0 Å². The van der Waals surface area contributed by atoms with E-state index in [0.717, 1.165) is 25.7 Å². The SMILES string of the molecule is C=CCOC(=O)[C@]1(C#C[C@H](CCCCC)O[Si](C)(C)C(C)(C)C)C(=O)C[C@H]2[C@@H]1CCC21O[C@H](C)[C@@H](C)O1. The van der Waals surface area contributed by atoms with Gasteiger partial charge >= 0.3 is 5.97 Å². The lowest BCUT2D eigenvalue weighted by Crippen LogP contribution is -2.44. The van der Waals surface area contributed by atoms with Crippen LogP contribution in [0.25, 0.3) is 0 Å². The Hall–Kier alpha value is -1.46. The van der Waals surface area contributed by atoms with Gasteiger partial charge in [0.2, 0.25) is 0 Å². The third kappa shape index (κ3) is 5.78. The van der Waals surface area contributed by atoms with Crippen LogP contribution < -0.4 is 0 Å². The minimum atomic E-state index is -2.12. The number of fused-ring (bicyclic) bond motifs is 2. The van der Waals surface area contributed by atoms with Crippen molar-refractivity contribution in [2.24, 2.45) is 17.3 Å². The summed E-state index contributed by atoms with van der Waals surface area (Å²) in [6.07, 6.45) is 6.46. The molecule has 0 aromatic rings. The first-order valence-corrected chi connectivity index (χ1v) is 17.0. The largest absolute Gasteiger partial charge is 0.460 e. The minimum Gasteiger partial charge on any atom is -0.460 e. The molecule has 3 fully saturated rings. The molecule has 0 aromatic carbocycles. The molecule has 0 aromatic heterocycles. The highest BCUT2D eigenvalue weighted by Gasteiger charge is 2.70. The molecule has 2 saturated carbocycles. The Kier molecular flexibility index (Phi) is 9.22. The molecule has 3 rings (SSSR count). The quantitative estimate of drug-likeness (QED) is 0.0880. The Morgan fingerprint density at radius 2 is 1.86 bits per heavy atom. The molecule has 0 unspecified atom stereocenters. The maximum Gasteiger partial charge on any atom is 0.332 e. The molecule has 6 nitrogen and oxygen atoms in total. The number of esters is 1. The summed E-state index contributed by atoms with van der Waals surface area (Å²) < 4.78 is 24.9. The summed E-state index contributed by atoms with van der Waals surface area (Å²) in [6, 6.07) is 0. The van der Waals surface area contributed by atoms with E-state index in [9.17, 15) is 9.59 Å². The number of ether oxygens (including phenoxy) is 3. The zero-order valence-corrected chi connectivity index (χ0v) is 25.3. The van der Waals surface area contributed by atoms with E-state index in [0.29, 0.717) is 12.8 Å². The van der Waals surface area contributed by atoms with E-state index in [1.54, 1.807) is 0 Å². The smallest absolute Gasteiger partial charge is 0.332 e. The van der Waals surface area contributed by atoms with Crippen LogP contribution in [0.1, 0.15) is 86.5 Å². The topological polar surface area (TPSA) is 71.1 Å². The third-order valence-electron chi connectivity index (χ3n) is 9.09. The van der Waals surface area contributed by atoms with Gasteiger partial charge in [0.15, 0.2) is 25.3 Å². The second-order valence-corrected chi connectivity index (χ2v) is 17.4. The van der Waals surface area contributed by atoms with Gasteiger partial charge in [0.05, 0.1) is 12.2 Å². The lowest BCUT2D eigenvalue weighted by molar-refractivity contribution is -0.199. The van der Waals surface area contributed by atoms with Gasteiger partial charge in [0.25, 0.3) is 0 Å². The van der Waals surface area contributed by atoms with Crippen LogP contribution >= 0.6 is 0 Å². The molecule has 1 spiro atoms. The first-order chi connectivity index (χ1) is 17.2. The molecule has 0 N–H and O–H groups in total. The van der Waals surface area contributed by atoms with Gasteiger partial charge < -0.3 is 18.6 Å². The molecular weight excluding hydrogens is 484 g/mol. The zero-order valence-electron chi connectivity index (χ0n) is 24.3. The summed E-state index contributed by atoms with van der Waals surface area (Å²) in [6.45, 7) is 20.9. The Morgan fingerprint density at radius 1 is 1.22 bits per heavy atom. The monoisotopic (exact) mass is 532 g/mol. The second kappa shape index (κ2) is 11.3. The van der Waals surface area contributed by atoms with Gasteiger partial charge in [0, 0.05) is 24.7 Å². The van der Waals surface area contributed by atoms with Crippen molar-refractivity contribution in [3.8, 4) is 11.8 Å². The Morgan fingerprint density at radius 3 is 2.43 bits per heavy atom. The van der Waals surface area contributed by atoms with Gasteiger partial charge in [-0.25, -0.2) is 4.79 Å². The first kappa shape index (κ1) is 30.1. The van der Waals surface area contributed by atoms with Crippen molar-refractivity contribution < 1.29 is 28.2 Å². The number of hydrogen-bond acceptors (Lipinski definition) is 6. The fraction of sp³-hybridized carbons (Fsp3) is 0.800. The van der Waals surface area contributed by atoms with Crippen LogP contribution in [-0.2, 0) is 28.2 Å². The number of ketones is 1. The molecule has 7 heteroatoms. The third-order valence-corrected chi connectivity index (χ3v) is 13.6. The number of unbranched alkanes of at least 4 members (excludes halogenated alkanes) is 2. The van der Waals surface area contributed by atoms with Crippen molar-refractivity contribution in [2.75, 3.05) is 6.61 Å². The fourth-order valence-electron chi connectivity index (χ4n) is 5.77. The molecule has 37 heavy (non-hydrogen) atoms. The lowest BCUT2D eigenvalue weighted by atomic mass is 9.75. The van der Waals surface area contributed by atoms with E-state index < -0.39 is 25.5 Å². The summed E-state index contributed by atoms with van der Waals surface area (Å²) >= 11 is 0. The molecule has 3 aliphatic rings. The molecule has 1 aliphatic heterocycles. The van der Waals surface area contributed by atoms with Crippen LogP contribution in [0.15, 0.2) is 12.7 Å². The molecule has 1 heterocycles. The molecule has 0 amide bonds. The number of Topliss-reactive ketones (excluding diaryl/α,β-unsaturated/α-hetero) is 1. The number of hydrogen-bond donors (Lipinski definition) is 0. The van der Waals surface area contributed by atoms with E-state index in [1.807, 2.05) is 13.8 Å². The summed E-state index contributed by atoms with van der Waals surface area (Å²) in [5.41, 5.74) is -1.53. The van der Waals surface area contributed by atoms with Crippen molar-refractivity contribution in [1.82, 2.24) is 0 Å². The highest BCUT2D eigenvalue weighted by molar-refractivity contribution is 6.74. The molecular formula is C30H48O6Si. The van der Waals surface area contributed by atoms with Crippen LogP contribution in [0.4, 0.5) is 0 Å². The number of carbonyl (C=O) groups is 2. The normalized spacial score (nSPS) is 31.6. The van der Waals surface area contributed by atoms with Crippen LogP contribution in [0.3, 0.4) is 0 Å². The van der Waals surface area contributed by atoms with Gasteiger partial charge in [-0.05, 0) is 51.2 Å². The van der Waals surface area contributed by atoms with Crippen LogP contribution in [0.2, 0.25) is 18.1 Å². The highest BCUT2D eigenvalue weighted by Crippen LogP contribution is 2.60. The fourth-order valence-corrected chi connectivity index (χ4v) is 7.01. The zero-order chi connectivity index (χ0) is 27.6. The maximum absolute atomic E-state index is 13.8. The second-order valence-electron chi connectivity index (χ2n) is 12.7. The molecule has 0 radical (unpaired) electrons. The predicted octanol–water partition coefficient (Wildman–Crippen LogP) is 6.20. The van der Waals surface area contributed by atoms with E-state index >= 15 is 0 Å². The average molecular weight is 533 g/mol. The van der Waals surface area contributed by atoms with Crippen molar-refractivity contribution in [2.45, 2.75) is 129 Å². The van der Waals surface area contributed by atoms with Gasteiger partial charge in [-0.2, -0.15) is 0 Å². The highest BCUT2D eigenvalue weighted by atomic mass is 28.4. The van der Waals surface area contributed by atoms with E-state index in [2.05, 4.69) is 59.2 Å². The Labute approximate surface area is 225 Å². The van der Waals surface area contributed by atoms with Crippen molar-refractivity contribution >= 4 is 20.1 Å². The molecule has 2 aliphatic carbocycles. The Bertz CT molecular complexity index is 915. The summed E-state index contributed by atoms with van der Waals surface area (Å²) in [5.74, 6) is 4.41. The average Bonchev–Trinajstić information content (AvgIpc) is 3.40. The molecule has 6 atom stereocenters. The Balaban J connectivity index is 2.00. The van der Waals surface area contributed by atoms with Gasteiger partial charge in [-0.3, -0.25) is 4.79 Å². The van der Waals surface area contributed by atoms with Crippen LogP contribution in [0, 0.1) is 29.1 Å². The summed E-state index contributed by atoms with van der Waals surface area (Å²) in [4.78, 5) is 27.4. The molecule has 208 valence electrons. The van der Waals surface area contributed by atoms with Gasteiger partial charge in [0.1, 0.15) is 12.7 Å². The van der Waals surface area contributed by atoms with Crippen molar-refractivity contribution in [1.29, 1.82) is 0 Å². The minimum absolute atomic E-state index is 0.0227. The number of carbonyl (C=O) groups excluding carboxylic acids is 2. The van der Waals surface area contributed by atoms with Crippen LogP contribution in [0.5, 0.6) is 0 Å². The van der Waals surface area contributed by atoms with E-state index in [-0.39, 0.29) is 54.0 Å². The van der Waals surface area contributed by atoms with Gasteiger partial charge in [-0.15, -0.1) is 0 Å². The van der Waals surface area contributed by atoms with E-state index in [4.69, 9.17) is 18.6 Å².